The molecule has 1 aromatic carbocycles. The molecule has 2 atom stereocenters. The van der Waals surface area contributed by atoms with Gasteiger partial charge < -0.3 is 4.90 Å². The molecule has 0 N–H and O–H groups in total. The molecule has 2 bridgehead atoms. The van der Waals surface area contributed by atoms with Crippen LogP contribution in [0.1, 0.15) is 6.42 Å². The Morgan fingerprint density at radius 3 is 2.81 bits per heavy atom. The van der Waals surface area contributed by atoms with Crippen molar-refractivity contribution in [2.45, 2.75) is 12.5 Å². The number of benzene rings is 1. The second-order valence-corrected chi connectivity index (χ2v) is 6.29. The van der Waals surface area contributed by atoms with Crippen molar-refractivity contribution in [3.05, 3.63) is 47.6 Å². The first-order valence-electron chi connectivity index (χ1n) is 7.50. The van der Waals surface area contributed by atoms with Crippen LogP contribution in [0.5, 0.6) is 0 Å². The van der Waals surface area contributed by atoms with Crippen molar-refractivity contribution in [1.82, 2.24) is 9.88 Å². The molecule has 4 rings (SSSR count). The standard InChI is InChI=1S/C17H18ClN3/c18-15-3-1-2-13(10-15)14-4-5-17(19-11-14)21-9-8-20-7-6-16(21)12-20/h1-5,10-11,16H,6-9,12H2. The minimum absolute atomic E-state index is 0.642. The fourth-order valence-corrected chi connectivity index (χ4v) is 3.59. The summed E-state index contributed by atoms with van der Waals surface area (Å²) in [5.74, 6) is 1.10. The smallest absolute Gasteiger partial charge is 0.128 e. The molecule has 3 nitrogen and oxygen atoms in total. The van der Waals surface area contributed by atoms with E-state index in [0.717, 1.165) is 35.1 Å². The number of rotatable bonds is 2. The molecule has 0 saturated carbocycles. The van der Waals surface area contributed by atoms with E-state index in [2.05, 4.69) is 33.0 Å². The van der Waals surface area contributed by atoms with E-state index < -0.39 is 0 Å². The molecule has 2 aromatic rings. The Labute approximate surface area is 130 Å². The van der Waals surface area contributed by atoms with Gasteiger partial charge in [-0.05, 0) is 36.2 Å². The fourth-order valence-electron chi connectivity index (χ4n) is 3.40. The Kier molecular flexibility index (Phi) is 3.32. The summed E-state index contributed by atoms with van der Waals surface area (Å²) >= 11 is 6.06. The predicted molar refractivity (Wildman–Crippen MR) is 86.9 cm³/mol. The van der Waals surface area contributed by atoms with Crippen LogP contribution in [-0.4, -0.2) is 42.1 Å². The molecule has 1 aromatic heterocycles. The lowest BCUT2D eigenvalue weighted by Crippen LogP contribution is -2.47. The third-order valence-electron chi connectivity index (χ3n) is 4.55. The fraction of sp³-hybridized carbons (Fsp3) is 0.353. The van der Waals surface area contributed by atoms with E-state index in [0.29, 0.717) is 6.04 Å². The Balaban J connectivity index is 1.59. The monoisotopic (exact) mass is 299 g/mol. The number of aromatic nitrogens is 1. The van der Waals surface area contributed by atoms with Gasteiger partial charge in [-0.25, -0.2) is 4.98 Å². The lowest BCUT2D eigenvalue weighted by molar-refractivity contribution is 0.310. The minimum Gasteiger partial charge on any atom is -0.351 e. The van der Waals surface area contributed by atoms with E-state index in [9.17, 15) is 0 Å². The number of hydrogen-bond donors (Lipinski definition) is 0. The topological polar surface area (TPSA) is 19.4 Å². The third kappa shape index (κ3) is 2.52. The lowest BCUT2D eigenvalue weighted by Gasteiger charge is -2.35. The highest BCUT2D eigenvalue weighted by Crippen LogP contribution is 2.27. The Morgan fingerprint density at radius 1 is 1.05 bits per heavy atom. The van der Waals surface area contributed by atoms with Gasteiger partial charge >= 0.3 is 0 Å². The summed E-state index contributed by atoms with van der Waals surface area (Å²) in [6.07, 6.45) is 3.22. The van der Waals surface area contributed by atoms with Gasteiger partial charge in [0.1, 0.15) is 5.82 Å². The number of pyridine rings is 1. The molecule has 0 spiro atoms. The van der Waals surface area contributed by atoms with Gasteiger partial charge in [-0.1, -0.05) is 23.7 Å². The van der Waals surface area contributed by atoms with Gasteiger partial charge in [0.25, 0.3) is 0 Å². The molecule has 3 heterocycles. The summed E-state index contributed by atoms with van der Waals surface area (Å²) in [5.41, 5.74) is 2.23. The molecule has 2 saturated heterocycles. The van der Waals surface area contributed by atoms with Crippen molar-refractivity contribution in [1.29, 1.82) is 0 Å². The summed E-state index contributed by atoms with van der Waals surface area (Å²) < 4.78 is 0. The zero-order chi connectivity index (χ0) is 14.2. The molecule has 21 heavy (non-hydrogen) atoms. The summed E-state index contributed by atoms with van der Waals surface area (Å²) in [6, 6.07) is 12.9. The molecule has 2 aliphatic rings. The first kappa shape index (κ1) is 13.1. The van der Waals surface area contributed by atoms with Crippen LogP contribution in [-0.2, 0) is 0 Å². The Hall–Kier alpha value is -1.58. The van der Waals surface area contributed by atoms with E-state index >= 15 is 0 Å². The van der Waals surface area contributed by atoms with Crippen LogP contribution >= 0.6 is 11.6 Å². The summed E-state index contributed by atoms with van der Waals surface area (Å²) in [5, 5.41) is 0.763. The van der Waals surface area contributed by atoms with Gasteiger partial charge in [-0.15, -0.1) is 0 Å². The third-order valence-corrected chi connectivity index (χ3v) is 4.78. The zero-order valence-electron chi connectivity index (χ0n) is 11.9. The molecule has 0 radical (unpaired) electrons. The van der Waals surface area contributed by atoms with Crippen LogP contribution < -0.4 is 4.90 Å². The second-order valence-electron chi connectivity index (χ2n) is 5.85. The average molecular weight is 300 g/mol. The molecule has 2 aliphatic heterocycles. The molecule has 0 amide bonds. The van der Waals surface area contributed by atoms with E-state index in [4.69, 9.17) is 11.6 Å². The average Bonchev–Trinajstić information content (AvgIpc) is 2.89. The molecule has 108 valence electrons. The normalized spacial score (nSPS) is 24.3. The van der Waals surface area contributed by atoms with Gasteiger partial charge in [0.2, 0.25) is 0 Å². The number of halogens is 1. The van der Waals surface area contributed by atoms with Gasteiger partial charge in [-0.2, -0.15) is 0 Å². The van der Waals surface area contributed by atoms with Crippen molar-refractivity contribution < 1.29 is 0 Å². The maximum absolute atomic E-state index is 6.06. The maximum atomic E-state index is 6.06. The lowest BCUT2D eigenvalue weighted by atomic mass is 10.1. The largest absolute Gasteiger partial charge is 0.351 e. The number of nitrogens with zero attached hydrogens (tertiary/aromatic N) is 3. The highest BCUT2D eigenvalue weighted by molar-refractivity contribution is 6.30. The number of piperazine rings is 1. The van der Waals surface area contributed by atoms with Crippen molar-refractivity contribution in [2.75, 3.05) is 31.1 Å². The van der Waals surface area contributed by atoms with Crippen LogP contribution in [0, 0.1) is 0 Å². The first-order chi connectivity index (χ1) is 10.3. The van der Waals surface area contributed by atoms with E-state index in [1.165, 1.54) is 19.5 Å². The van der Waals surface area contributed by atoms with Crippen molar-refractivity contribution in [3.63, 3.8) is 0 Å². The minimum atomic E-state index is 0.642. The van der Waals surface area contributed by atoms with Crippen LogP contribution in [0.15, 0.2) is 42.6 Å². The number of anilines is 1. The quantitative estimate of drug-likeness (QED) is 0.848. The van der Waals surface area contributed by atoms with E-state index in [1.807, 2.05) is 24.4 Å². The van der Waals surface area contributed by atoms with Crippen LogP contribution in [0.25, 0.3) is 11.1 Å². The zero-order valence-corrected chi connectivity index (χ0v) is 12.6. The van der Waals surface area contributed by atoms with Crippen LogP contribution in [0.2, 0.25) is 5.02 Å². The second kappa shape index (κ2) is 5.32. The SMILES string of the molecule is Clc1cccc(-c2ccc(N3CCN4CCC3C4)nc2)c1. The number of hydrogen-bond acceptors (Lipinski definition) is 3. The molecular formula is C17H18ClN3. The molecule has 4 heteroatoms. The van der Waals surface area contributed by atoms with Gasteiger partial charge in [0, 0.05) is 49.0 Å². The van der Waals surface area contributed by atoms with Gasteiger partial charge in [-0.3, -0.25) is 4.90 Å². The van der Waals surface area contributed by atoms with Gasteiger partial charge in [0.05, 0.1) is 0 Å². The molecule has 0 aliphatic carbocycles. The molecular weight excluding hydrogens is 282 g/mol. The Bertz CT molecular complexity index is 641. The highest BCUT2D eigenvalue weighted by Gasteiger charge is 2.32. The summed E-state index contributed by atoms with van der Waals surface area (Å²) in [4.78, 5) is 9.70. The molecule has 2 fully saturated rings. The predicted octanol–water partition coefficient (Wildman–Crippen LogP) is 3.30. The van der Waals surface area contributed by atoms with Crippen molar-refractivity contribution in [3.8, 4) is 11.1 Å². The maximum Gasteiger partial charge on any atom is 0.128 e. The molecule has 2 unspecified atom stereocenters. The van der Waals surface area contributed by atoms with Gasteiger partial charge in [0.15, 0.2) is 0 Å². The van der Waals surface area contributed by atoms with E-state index in [-0.39, 0.29) is 0 Å². The number of fused-ring (bicyclic) bond motifs is 2. The van der Waals surface area contributed by atoms with Crippen LogP contribution in [0.3, 0.4) is 0 Å². The first-order valence-corrected chi connectivity index (χ1v) is 7.88. The Morgan fingerprint density at radius 2 is 2.00 bits per heavy atom. The van der Waals surface area contributed by atoms with Crippen molar-refractivity contribution in [2.24, 2.45) is 0 Å². The summed E-state index contributed by atoms with van der Waals surface area (Å²) in [7, 11) is 0. The summed E-state index contributed by atoms with van der Waals surface area (Å²) in [6.45, 7) is 4.68. The van der Waals surface area contributed by atoms with E-state index in [1.54, 1.807) is 0 Å². The van der Waals surface area contributed by atoms with Crippen molar-refractivity contribution >= 4 is 17.4 Å². The highest BCUT2D eigenvalue weighted by atomic mass is 35.5. The van der Waals surface area contributed by atoms with Crippen LogP contribution in [0.4, 0.5) is 5.82 Å².